The van der Waals surface area contributed by atoms with Crippen LogP contribution in [-0.4, -0.2) is 71.0 Å². The average Bonchev–Trinajstić information content (AvgIpc) is 3.15. The summed E-state index contributed by atoms with van der Waals surface area (Å²) in [7, 11) is 0. The van der Waals surface area contributed by atoms with Gasteiger partial charge >= 0.3 is 18.1 Å². The molecule has 1 aromatic heterocycles. The van der Waals surface area contributed by atoms with E-state index in [0.717, 1.165) is 36.1 Å². The monoisotopic (exact) mass is 506 g/mol. The number of aliphatic hydroxyl groups is 3. The molecule has 2 aromatic rings. The molecule has 0 saturated carbocycles. The molecule has 1 heterocycles. The largest absolute Gasteiger partial charge is 0.479 e. The Labute approximate surface area is 193 Å². The topological polar surface area (TPSA) is 206 Å². The molecule has 0 fully saturated rings. The molecular weight excluding hydrogens is 488 g/mol. The average molecular weight is 506 g/mol. The number of carbonyl (C=O) groups excluding carboxylic acids is 1. The smallest absolute Gasteiger partial charge is 0.417 e. The van der Waals surface area contributed by atoms with Gasteiger partial charge in [0.25, 0.3) is 5.91 Å². The van der Waals surface area contributed by atoms with Gasteiger partial charge in [0.15, 0.2) is 23.6 Å². The zero-order valence-corrected chi connectivity index (χ0v) is 17.6. The van der Waals surface area contributed by atoms with E-state index >= 15 is 0 Å². The van der Waals surface area contributed by atoms with Crippen molar-refractivity contribution in [2.45, 2.75) is 37.5 Å². The van der Waals surface area contributed by atoms with Gasteiger partial charge in [-0.15, -0.1) is 0 Å². The maximum atomic E-state index is 12.9. The summed E-state index contributed by atoms with van der Waals surface area (Å²) >= 11 is 0. The number of nitrogens with one attached hydrogen (secondary N) is 1. The predicted molar refractivity (Wildman–Crippen MR) is 105 cm³/mol. The molecule has 16 heteroatoms. The van der Waals surface area contributed by atoms with Gasteiger partial charge in [-0.25, -0.2) is 14.0 Å². The lowest BCUT2D eigenvalue weighted by atomic mass is 10.0. The molecule has 0 aliphatic carbocycles. The van der Waals surface area contributed by atoms with Gasteiger partial charge in [0.1, 0.15) is 0 Å². The van der Waals surface area contributed by atoms with Crippen molar-refractivity contribution >= 4 is 23.5 Å². The number of hydrogen-bond acceptors (Lipinski definition) is 8. The molecule has 0 aliphatic rings. The Hall–Kier alpha value is -4.07. The molecule has 2 rings (SSSR count). The van der Waals surface area contributed by atoms with E-state index in [2.05, 4.69) is 10.4 Å². The lowest BCUT2D eigenvalue weighted by molar-refractivity contribution is -0.165. The normalized spacial score (nSPS) is 14.4. The minimum Gasteiger partial charge on any atom is -0.479 e. The first-order valence-electron chi connectivity index (χ1n) is 9.14. The number of aliphatic carboxylic acids is 2. The van der Waals surface area contributed by atoms with Crippen LogP contribution in [0.2, 0.25) is 0 Å². The highest BCUT2D eigenvalue weighted by Gasteiger charge is 2.35. The van der Waals surface area contributed by atoms with Crippen molar-refractivity contribution in [2.75, 3.05) is 5.32 Å². The molecule has 0 radical (unpaired) electrons. The Morgan fingerprint density at radius 1 is 1.17 bits per heavy atom. The molecule has 190 valence electrons. The highest BCUT2D eigenvalue weighted by atomic mass is 19.4. The number of carbonyl (C=O) groups is 3. The van der Waals surface area contributed by atoms with Crippen LogP contribution in [0, 0.1) is 17.1 Å². The van der Waals surface area contributed by atoms with Crippen molar-refractivity contribution < 1.29 is 57.5 Å². The molecule has 3 atom stereocenters. The van der Waals surface area contributed by atoms with Crippen LogP contribution in [0.4, 0.5) is 23.2 Å². The van der Waals surface area contributed by atoms with Gasteiger partial charge < -0.3 is 30.8 Å². The lowest BCUT2D eigenvalue weighted by Crippen LogP contribution is -2.43. The molecule has 1 aromatic carbocycles. The quantitative estimate of drug-likeness (QED) is 0.281. The second-order valence-electron chi connectivity index (χ2n) is 7.02. The SMILES string of the molecule is C[C@](O)(Cn1cc(F)cn1)C(=O)Nc1ccc(C#N)c(C(F)(F)F)c1.O=C(O)C(O)C(O)C(=O)O. The summed E-state index contributed by atoms with van der Waals surface area (Å²) in [6, 6.07) is 4.04. The highest BCUT2D eigenvalue weighted by Crippen LogP contribution is 2.33. The van der Waals surface area contributed by atoms with E-state index in [-0.39, 0.29) is 5.69 Å². The highest BCUT2D eigenvalue weighted by molar-refractivity contribution is 5.96. The molecular formula is C19H18F4N4O8. The van der Waals surface area contributed by atoms with E-state index in [1.807, 2.05) is 0 Å². The van der Waals surface area contributed by atoms with Crippen molar-refractivity contribution in [2.24, 2.45) is 0 Å². The number of halogens is 4. The van der Waals surface area contributed by atoms with Gasteiger partial charge in [-0.05, 0) is 25.1 Å². The van der Waals surface area contributed by atoms with Gasteiger partial charge in [0.2, 0.25) is 0 Å². The van der Waals surface area contributed by atoms with Crippen LogP contribution in [0.5, 0.6) is 0 Å². The first-order valence-corrected chi connectivity index (χ1v) is 9.14. The van der Waals surface area contributed by atoms with Gasteiger partial charge in [-0.3, -0.25) is 9.48 Å². The first-order chi connectivity index (χ1) is 16.0. The third-order valence-electron chi connectivity index (χ3n) is 4.07. The van der Waals surface area contributed by atoms with E-state index < -0.39 is 65.3 Å². The summed E-state index contributed by atoms with van der Waals surface area (Å²) in [5, 5.41) is 57.1. The summed E-state index contributed by atoms with van der Waals surface area (Å²) in [6.45, 7) is 0.696. The summed E-state index contributed by atoms with van der Waals surface area (Å²) in [5.74, 6) is -5.22. The Morgan fingerprint density at radius 3 is 2.11 bits per heavy atom. The fourth-order valence-corrected chi connectivity index (χ4v) is 2.30. The Bertz CT molecular complexity index is 1110. The van der Waals surface area contributed by atoms with E-state index in [1.165, 1.54) is 6.07 Å². The fraction of sp³-hybridized carbons (Fsp3) is 0.316. The van der Waals surface area contributed by atoms with Gasteiger partial charge in [0.05, 0.1) is 36.1 Å². The van der Waals surface area contributed by atoms with E-state index in [1.54, 1.807) is 0 Å². The maximum absolute atomic E-state index is 12.9. The van der Waals surface area contributed by atoms with E-state index in [0.29, 0.717) is 6.07 Å². The fourth-order valence-electron chi connectivity index (χ4n) is 2.30. The standard InChI is InChI=1S/C15H12F4N4O2.C4H6O6/c1-14(25,8-23-7-10(16)6-21-23)13(24)22-11-3-2-9(5-20)12(4-11)15(17,18)19;5-1(3(7)8)2(6)4(9)10/h2-4,6-7,25H,8H2,1H3,(H,22,24);1-2,5-6H,(H,7,8)(H,9,10)/t14-;/m0./s1. The van der Waals surface area contributed by atoms with Crippen molar-refractivity contribution in [1.29, 1.82) is 5.26 Å². The number of rotatable bonds is 7. The number of amides is 1. The van der Waals surface area contributed by atoms with Gasteiger partial charge in [0, 0.05) is 5.69 Å². The van der Waals surface area contributed by atoms with E-state index in [4.69, 9.17) is 25.7 Å². The minimum atomic E-state index is -4.78. The third-order valence-corrected chi connectivity index (χ3v) is 4.07. The van der Waals surface area contributed by atoms with E-state index in [9.17, 15) is 37.1 Å². The Kier molecular flexibility index (Phi) is 9.41. The van der Waals surface area contributed by atoms with Crippen LogP contribution in [0.15, 0.2) is 30.6 Å². The van der Waals surface area contributed by atoms with Crippen LogP contribution >= 0.6 is 0 Å². The van der Waals surface area contributed by atoms with Crippen LogP contribution in [0.25, 0.3) is 0 Å². The minimum absolute atomic E-state index is 0.247. The van der Waals surface area contributed by atoms with Crippen LogP contribution in [-0.2, 0) is 27.1 Å². The number of aromatic nitrogens is 2. The zero-order chi connectivity index (χ0) is 27.1. The Morgan fingerprint density at radius 2 is 1.71 bits per heavy atom. The number of benzene rings is 1. The van der Waals surface area contributed by atoms with Crippen molar-refractivity contribution in [3.8, 4) is 6.07 Å². The number of nitriles is 1. The first kappa shape index (κ1) is 29.0. The number of carboxylic acid groups (broad SMARTS) is 2. The number of alkyl halides is 3. The number of nitrogens with zero attached hydrogens (tertiary/aromatic N) is 3. The molecule has 0 bridgehead atoms. The zero-order valence-electron chi connectivity index (χ0n) is 17.6. The Balaban J connectivity index is 0.000000518. The molecule has 0 spiro atoms. The van der Waals surface area contributed by atoms with Crippen LogP contribution < -0.4 is 5.32 Å². The lowest BCUT2D eigenvalue weighted by Gasteiger charge is -2.22. The second-order valence-corrected chi connectivity index (χ2v) is 7.02. The summed E-state index contributed by atoms with van der Waals surface area (Å²) in [6.07, 6.45) is -7.48. The number of aliphatic hydroxyl groups excluding tert-OH is 2. The summed E-state index contributed by atoms with van der Waals surface area (Å²) in [4.78, 5) is 31.7. The third kappa shape index (κ3) is 8.33. The summed E-state index contributed by atoms with van der Waals surface area (Å²) < 4.78 is 52.6. The number of anilines is 1. The second kappa shape index (κ2) is 11.4. The van der Waals surface area contributed by atoms with Crippen molar-refractivity contribution in [3.63, 3.8) is 0 Å². The van der Waals surface area contributed by atoms with Crippen molar-refractivity contribution in [3.05, 3.63) is 47.5 Å². The molecule has 1 amide bonds. The molecule has 0 aliphatic heterocycles. The molecule has 2 unspecified atom stereocenters. The van der Waals surface area contributed by atoms with Crippen LogP contribution in [0.3, 0.4) is 0 Å². The van der Waals surface area contributed by atoms with Gasteiger partial charge in [-0.2, -0.15) is 23.5 Å². The molecule has 0 saturated heterocycles. The predicted octanol–water partition coefficient (Wildman–Crippen LogP) is 0.180. The molecule has 12 nitrogen and oxygen atoms in total. The van der Waals surface area contributed by atoms with Crippen LogP contribution in [0.1, 0.15) is 18.1 Å². The van der Waals surface area contributed by atoms with Gasteiger partial charge in [-0.1, -0.05) is 0 Å². The summed E-state index contributed by atoms with van der Waals surface area (Å²) in [5.41, 5.74) is -4.11. The molecule has 6 N–H and O–H groups in total. The van der Waals surface area contributed by atoms with Crippen molar-refractivity contribution in [1.82, 2.24) is 9.78 Å². The number of carboxylic acids is 2. The molecule has 35 heavy (non-hydrogen) atoms. The number of hydrogen-bond donors (Lipinski definition) is 6. The maximum Gasteiger partial charge on any atom is 0.417 e.